The van der Waals surface area contributed by atoms with E-state index in [9.17, 15) is 4.79 Å². The molecule has 0 spiro atoms. The number of hydrogen-bond acceptors (Lipinski definition) is 2. The van der Waals surface area contributed by atoms with Gasteiger partial charge in [0, 0.05) is 24.8 Å². The van der Waals surface area contributed by atoms with Gasteiger partial charge in [0.2, 0.25) is 0 Å². The Morgan fingerprint density at radius 1 is 1.16 bits per heavy atom. The molecule has 0 aliphatic rings. The van der Waals surface area contributed by atoms with Gasteiger partial charge in [0.05, 0.1) is 5.69 Å². The lowest BCUT2D eigenvalue weighted by Crippen LogP contribution is -2.20. The van der Waals surface area contributed by atoms with Crippen molar-refractivity contribution < 1.29 is 0 Å². The summed E-state index contributed by atoms with van der Waals surface area (Å²) in [6, 6.07) is 3.98. The second-order valence-corrected chi connectivity index (χ2v) is 5.29. The van der Waals surface area contributed by atoms with Crippen molar-refractivity contribution in [3.8, 4) is 0 Å². The largest absolute Gasteiger partial charge is 0.381 e. The normalized spacial score (nSPS) is 12.4. The molecule has 0 fully saturated rings. The van der Waals surface area contributed by atoms with E-state index in [2.05, 4.69) is 19.2 Å². The molecule has 0 bridgehead atoms. The zero-order valence-electron chi connectivity index (χ0n) is 12.6. The van der Waals surface area contributed by atoms with Crippen molar-refractivity contribution in [2.45, 2.75) is 71.9 Å². The Labute approximate surface area is 117 Å². The van der Waals surface area contributed by atoms with Crippen LogP contribution in [0.2, 0.25) is 0 Å². The van der Waals surface area contributed by atoms with Crippen LogP contribution in [0, 0.1) is 0 Å². The van der Waals surface area contributed by atoms with Crippen LogP contribution in [0.3, 0.4) is 0 Å². The third-order valence-electron chi connectivity index (χ3n) is 3.48. The molecule has 19 heavy (non-hydrogen) atoms. The van der Waals surface area contributed by atoms with Crippen molar-refractivity contribution in [3.63, 3.8) is 0 Å². The highest BCUT2D eigenvalue weighted by atomic mass is 16.1. The maximum atomic E-state index is 11.5. The van der Waals surface area contributed by atoms with Crippen molar-refractivity contribution in [2.24, 2.45) is 0 Å². The molecule has 0 saturated carbocycles. The molecule has 1 aromatic heterocycles. The van der Waals surface area contributed by atoms with Gasteiger partial charge < -0.3 is 9.88 Å². The van der Waals surface area contributed by atoms with Gasteiger partial charge in [-0.3, -0.25) is 4.79 Å². The molecular formula is C16H28N2O. The van der Waals surface area contributed by atoms with E-state index in [4.69, 9.17) is 0 Å². The standard InChI is InChI=1S/C16H28N2O/c1-4-6-7-8-9-10-14(3)17-15-11-12-16(19)18(5-2)13-15/h11-14,17H,4-10H2,1-3H3. The van der Waals surface area contributed by atoms with Gasteiger partial charge >= 0.3 is 0 Å². The molecule has 1 rings (SSSR count). The number of hydrogen-bond donors (Lipinski definition) is 1. The maximum absolute atomic E-state index is 11.5. The summed E-state index contributed by atoms with van der Waals surface area (Å²) in [4.78, 5) is 11.5. The third kappa shape index (κ3) is 5.95. The first-order valence-corrected chi connectivity index (χ1v) is 7.64. The molecule has 1 heterocycles. The Morgan fingerprint density at radius 2 is 1.89 bits per heavy atom. The summed E-state index contributed by atoms with van der Waals surface area (Å²) in [5, 5.41) is 3.47. The van der Waals surface area contributed by atoms with E-state index in [1.807, 2.05) is 19.2 Å². The summed E-state index contributed by atoms with van der Waals surface area (Å²) in [6.07, 6.45) is 9.71. The molecule has 0 radical (unpaired) electrons. The highest BCUT2D eigenvalue weighted by molar-refractivity contribution is 5.41. The summed E-state index contributed by atoms with van der Waals surface area (Å²) in [5.74, 6) is 0. The number of anilines is 1. The van der Waals surface area contributed by atoms with Crippen LogP contribution in [0.15, 0.2) is 23.1 Å². The van der Waals surface area contributed by atoms with Crippen LogP contribution in [-0.4, -0.2) is 10.6 Å². The van der Waals surface area contributed by atoms with Gasteiger partial charge in [-0.25, -0.2) is 0 Å². The summed E-state index contributed by atoms with van der Waals surface area (Å²) in [5.41, 5.74) is 1.11. The topological polar surface area (TPSA) is 34.0 Å². The Bertz CT molecular complexity index is 411. The maximum Gasteiger partial charge on any atom is 0.250 e. The molecule has 1 N–H and O–H groups in total. The predicted octanol–water partition coefficient (Wildman–Crippen LogP) is 4.03. The molecule has 1 atom stereocenters. The summed E-state index contributed by atoms with van der Waals surface area (Å²) in [7, 11) is 0. The molecule has 0 aromatic carbocycles. The van der Waals surface area contributed by atoms with Gasteiger partial charge in [0.1, 0.15) is 0 Å². The van der Waals surface area contributed by atoms with Gasteiger partial charge in [0.15, 0.2) is 0 Å². The van der Waals surface area contributed by atoms with Crippen LogP contribution in [-0.2, 0) is 6.54 Å². The van der Waals surface area contributed by atoms with Gasteiger partial charge in [-0.15, -0.1) is 0 Å². The molecule has 1 aromatic rings. The molecule has 108 valence electrons. The first-order chi connectivity index (χ1) is 9.17. The van der Waals surface area contributed by atoms with E-state index in [1.54, 1.807) is 10.6 Å². The van der Waals surface area contributed by atoms with E-state index >= 15 is 0 Å². The molecule has 0 aliphatic carbocycles. The average Bonchev–Trinajstić information content (AvgIpc) is 2.40. The number of rotatable bonds is 9. The SMILES string of the molecule is CCCCCCCC(C)Nc1ccc(=O)n(CC)c1. The minimum absolute atomic E-state index is 0.0697. The van der Waals surface area contributed by atoms with Crippen molar-refractivity contribution >= 4 is 5.69 Å². The fourth-order valence-electron chi connectivity index (χ4n) is 2.27. The molecule has 0 aliphatic heterocycles. The highest BCUT2D eigenvalue weighted by Crippen LogP contribution is 2.11. The van der Waals surface area contributed by atoms with Crippen LogP contribution < -0.4 is 10.9 Å². The van der Waals surface area contributed by atoms with Gasteiger partial charge in [0.25, 0.3) is 5.56 Å². The minimum atomic E-state index is 0.0697. The number of nitrogens with zero attached hydrogens (tertiary/aromatic N) is 1. The zero-order chi connectivity index (χ0) is 14.1. The number of nitrogens with one attached hydrogen (secondary N) is 1. The number of unbranched alkanes of at least 4 members (excludes halogenated alkanes) is 4. The lowest BCUT2D eigenvalue weighted by molar-refractivity contribution is 0.578. The van der Waals surface area contributed by atoms with E-state index in [0.717, 1.165) is 12.2 Å². The fourth-order valence-corrected chi connectivity index (χ4v) is 2.27. The Hall–Kier alpha value is -1.25. The lowest BCUT2D eigenvalue weighted by atomic mass is 10.1. The first kappa shape index (κ1) is 15.8. The smallest absolute Gasteiger partial charge is 0.250 e. The van der Waals surface area contributed by atoms with Crippen LogP contribution in [0.5, 0.6) is 0 Å². The van der Waals surface area contributed by atoms with Crippen LogP contribution in [0.25, 0.3) is 0 Å². The van der Waals surface area contributed by atoms with Crippen LogP contribution >= 0.6 is 0 Å². The summed E-state index contributed by atoms with van der Waals surface area (Å²) in [6.45, 7) is 7.16. The molecule has 0 saturated heterocycles. The Balaban J connectivity index is 2.35. The van der Waals surface area contributed by atoms with Gasteiger partial charge in [-0.2, -0.15) is 0 Å². The first-order valence-electron chi connectivity index (χ1n) is 7.64. The van der Waals surface area contributed by atoms with Crippen LogP contribution in [0.1, 0.15) is 59.3 Å². The second kappa shape index (κ2) is 8.78. The van der Waals surface area contributed by atoms with Crippen molar-refractivity contribution in [3.05, 3.63) is 28.7 Å². The molecule has 1 unspecified atom stereocenters. The van der Waals surface area contributed by atoms with Gasteiger partial charge in [-0.1, -0.05) is 39.0 Å². The van der Waals surface area contributed by atoms with Crippen LogP contribution in [0.4, 0.5) is 5.69 Å². The average molecular weight is 264 g/mol. The molecule has 0 amide bonds. The quantitative estimate of drug-likeness (QED) is 0.683. The summed E-state index contributed by atoms with van der Waals surface area (Å²) >= 11 is 0. The Morgan fingerprint density at radius 3 is 2.58 bits per heavy atom. The highest BCUT2D eigenvalue weighted by Gasteiger charge is 2.03. The monoisotopic (exact) mass is 264 g/mol. The zero-order valence-corrected chi connectivity index (χ0v) is 12.6. The van der Waals surface area contributed by atoms with Crippen molar-refractivity contribution in [1.29, 1.82) is 0 Å². The number of aryl methyl sites for hydroxylation is 1. The lowest BCUT2D eigenvalue weighted by Gasteiger charge is -2.16. The van der Waals surface area contributed by atoms with Gasteiger partial charge in [-0.05, 0) is 26.3 Å². The van der Waals surface area contributed by atoms with E-state index in [0.29, 0.717) is 6.04 Å². The van der Waals surface area contributed by atoms with Crippen molar-refractivity contribution in [2.75, 3.05) is 5.32 Å². The fraction of sp³-hybridized carbons (Fsp3) is 0.688. The summed E-state index contributed by atoms with van der Waals surface area (Å²) < 4.78 is 1.73. The van der Waals surface area contributed by atoms with E-state index in [-0.39, 0.29) is 5.56 Å². The minimum Gasteiger partial charge on any atom is -0.381 e. The van der Waals surface area contributed by atoms with E-state index < -0.39 is 0 Å². The molecule has 3 nitrogen and oxygen atoms in total. The third-order valence-corrected chi connectivity index (χ3v) is 3.48. The number of aromatic nitrogens is 1. The van der Waals surface area contributed by atoms with Crippen molar-refractivity contribution in [1.82, 2.24) is 4.57 Å². The molecular weight excluding hydrogens is 236 g/mol. The predicted molar refractivity (Wildman–Crippen MR) is 82.8 cm³/mol. The molecule has 3 heteroatoms. The Kier molecular flexibility index (Phi) is 7.31. The second-order valence-electron chi connectivity index (χ2n) is 5.29. The van der Waals surface area contributed by atoms with E-state index in [1.165, 1.54) is 38.5 Å². The number of pyridine rings is 1.